The van der Waals surface area contributed by atoms with E-state index in [9.17, 15) is 9.36 Å². The molecule has 0 spiro atoms. The zero-order valence-electron chi connectivity index (χ0n) is 4.48. The Hall–Kier alpha value is -0.640. The maximum atomic E-state index is 10.1. The van der Waals surface area contributed by atoms with Gasteiger partial charge in [-0.2, -0.15) is 0 Å². The van der Waals surface area contributed by atoms with Crippen LogP contribution in [0.1, 0.15) is 0 Å². The average Bonchev–Trinajstić information content (AvgIpc) is 1.62. The van der Waals surface area contributed by atoms with Crippen molar-refractivity contribution in [3.63, 3.8) is 0 Å². The van der Waals surface area contributed by atoms with Crippen molar-refractivity contribution in [2.45, 2.75) is 0 Å². The van der Waals surface area contributed by atoms with Crippen molar-refractivity contribution < 1.29 is 18.8 Å². The Morgan fingerprint density at radius 1 is 1.89 bits per heavy atom. The Morgan fingerprint density at radius 2 is 2.33 bits per heavy atom. The second-order valence-corrected chi connectivity index (χ2v) is 2.49. The maximum absolute atomic E-state index is 10.1. The Morgan fingerprint density at radius 3 is 2.44 bits per heavy atom. The lowest BCUT2D eigenvalue weighted by molar-refractivity contribution is -0.129. The molecule has 9 heavy (non-hydrogen) atoms. The highest BCUT2D eigenvalue weighted by atomic mass is 31.2. The minimum absolute atomic E-state index is 0.746. The molecule has 0 rings (SSSR count). The van der Waals surface area contributed by atoms with E-state index in [1.807, 2.05) is 0 Å². The van der Waals surface area contributed by atoms with E-state index in [4.69, 9.17) is 4.89 Å². The van der Waals surface area contributed by atoms with Crippen LogP contribution in [0.2, 0.25) is 0 Å². The molecule has 52 valence electrons. The molecule has 0 aromatic heterocycles. The number of rotatable bonds is 2. The molecule has 0 aliphatic rings. The molecule has 3 N–H and O–H groups in total. The first-order chi connectivity index (χ1) is 3.95. The first-order valence-electron chi connectivity index (χ1n) is 1.93. The van der Waals surface area contributed by atoms with Gasteiger partial charge >= 0.3 is 13.7 Å². The largest absolute Gasteiger partial charge is 0.455 e. The first kappa shape index (κ1) is 8.36. The summed E-state index contributed by atoms with van der Waals surface area (Å²) in [7, 11) is -4.16. The van der Waals surface area contributed by atoms with E-state index in [0.717, 1.165) is 6.08 Å². The van der Waals surface area contributed by atoms with E-state index >= 15 is 0 Å². The lowest BCUT2D eigenvalue weighted by Crippen LogP contribution is -2.03. The second kappa shape index (κ2) is 2.77. The zero-order valence-corrected chi connectivity index (χ0v) is 5.38. The van der Waals surface area contributed by atoms with Crippen molar-refractivity contribution in [1.29, 1.82) is 0 Å². The molecule has 0 fully saturated rings. The van der Waals surface area contributed by atoms with Crippen LogP contribution >= 0.6 is 7.75 Å². The topological polar surface area (TPSA) is 89.6 Å². The van der Waals surface area contributed by atoms with Gasteiger partial charge in [0.25, 0.3) is 0 Å². The van der Waals surface area contributed by atoms with Gasteiger partial charge in [0, 0.05) is 6.08 Å². The van der Waals surface area contributed by atoms with E-state index < -0.39 is 13.7 Å². The summed E-state index contributed by atoms with van der Waals surface area (Å²) in [6.45, 7) is 2.98. The van der Waals surface area contributed by atoms with Crippen molar-refractivity contribution in [3.8, 4) is 0 Å². The van der Waals surface area contributed by atoms with Gasteiger partial charge in [0.1, 0.15) is 0 Å². The minimum Gasteiger partial charge on any atom is -0.377 e. The SMILES string of the molecule is C=CC(=O)OP(N)(=O)O. The Balaban J connectivity index is 3.89. The Labute approximate surface area is 51.7 Å². The van der Waals surface area contributed by atoms with Crippen LogP contribution in [0.4, 0.5) is 0 Å². The van der Waals surface area contributed by atoms with Gasteiger partial charge in [0.15, 0.2) is 0 Å². The molecule has 0 saturated heterocycles. The molecule has 0 aliphatic carbocycles. The Bertz CT molecular complexity index is 171. The quantitative estimate of drug-likeness (QED) is 0.420. The number of carbonyl (C=O) groups is 1. The molecular weight excluding hydrogens is 145 g/mol. The summed E-state index contributed by atoms with van der Waals surface area (Å²) in [5.74, 6) is -1.01. The van der Waals surface area contributed by atoms with Crippen molar-refractivity contribution in [2.75, 3.05) is 0 Å². The minimum atomic E-state index is -4.16. The molecule has 6 heteroatoms. The van der Waals surface area contributed by atoms with Gasteiger partial charge in [-0.15, -0.1) is 0 Å². The summed E-state index contributed by atoms with van der Waals surface area (Å²) in [6, 6.07) is 0. The van der Waals surface area contributed by atoms with Crippen molar-refractivity contribution in [2.24, 2.45) is 5.50 Å². The Kier molecular flexibility index (Phi) is 2.58. The summed E-state index contributed by atoms with van der Waals surface area (Å²) in [4.78, 5) is 18.2. The standard InChI is InChI=1S/C3H6NO4P/c1-2-3(5)8-9(4,6)7/h2H,1H2,(H3,4,6,7). The predicted octanol–water partition coefficient (Wildman–Crippen LogP) is -0.225. The van der Waals surface area contributed by atoms with Crippen molar-refractivity contribution in [3.05, 3.63) is 12.7 Å². The molecule has 0 bridgehead atoms. The smallest absolute Gasteiger partial charge is 0.377 e. The molecule has 1 unspecified atom stereocenters. The van der Waals surface area contributed by atoms with Crippen LogP contribution in [0.3, 0.4) is 0 Å². The summed E-state index contributed by atoms with van der Waals surface area (Å²) in [6.07, 6.45) is 0.746. The molecule has 0 aliphatic heterocycles. The van der Waals surface area contributed by atoms with E-state index in [1.54, 1.807) is 0 Å². The van der Waals surface area contributed by atoms with Crippen LogP contribution in [0.25, 0.3) is 0 Å². The van der Waals surface area contributed by atoms with Gasteiger partial charge < -0.3 is 9.42 Å². The normalized spacial score (nSPS) is 15.8. The van der Waals surface area contributed by atoms with Gasteiger partial charge in [0.2, 0.25) is 0 Å². The van der Waals surface area contributed by atoms with E-state index in [-0.39, 0.29) is 0 Å². The van der Waals surface area contributed by atoms with Crippen LogP contribution in [0.15, 0.2) is 12.7 Å². The lowest BCUT2D eigenvalue weighted by atomic mass is 10.7. The summed E-state index contributed by atoms with van der Waals surface area (Å²) < 4.78 is 13.7. The van der Waals surface area contributed by atoms with Gasteiger partial charge in [-0.1, -0.05) is 6.58 Å². The summed E-state index contributed by atoms with van der Waals surface area (Å²) >= 11 is 0. The van der Waals surface area contributed by atoms with Crippen LogP contribution in [0.5, 0.6) is 0 Å². The zero-order chi connectivity index (χ0) is 7.49. The number of hydrogen-bond acceptors (Lipinski definition) is 3. The first-order valence-corrected chi connectivity index (χ1v) is 3.58. The van der Waals surface area contributed by atoms with Crippen LogP contribution in [0, 0.1) is 0 Å². The van der Waals surface area contributed by atoms with Crippen LogP contribution in [-0.4, -0.2) is 10.9 Å². The van der Waals surface area contributed by atoms with Gasteiger partial charge in [-0.05, 0) is 0 Å². The molecule has 0 aromatic carbocycles. The summed E-state index contributed by atoms with van der Waals surface area (Å²) in [5, 5.41) is 0. The third-order valence-corrected chi connectivity index (χ3v) is 0.829. The average molecular weight is 151 g/mol. The third kappa shape index (κ3) is 5.23. The van der Waals surface area contributed by atoms with E-state index in [0.29, 0.717) is 0 Å². The fourth-order valence-electron chi connectivity index (χ4n) is 0.166. The highest BCUT2D eigenvalue weighted by Crippen LogP contribution is 2.30. The third-order valence-electron chi connectivity index (χ3n) is 0.387. The molecule has 0 saturated carbocycles. The van der Waals surface area contributed by atoms with Crippen molar-refractivity contribution in [1.82, 2.24) is 0 Å². The highest BCUT2D eigenvalue weighted by molar-refractivity contribution is 7.50. The van der Waals surface area contributed by atoms with Gasteiger partial charge in [-0.3, -0.25) is 0 Å². The highest BCUT2D eigenvalue weighted by Gasteiger charge is 2.14. The number of carbonyl (C=O) groups excluding carboxylic acids is 1. The fraction of sp³-hybridized carbons (Fsp3) is 0. The monoisotopic (exact) mass is 151 g/mol. The summed E-state index contributed by atoms with van der Waals surface area (Å²) in [5.41, 5.74) is 4.43. The molecule has 0 amide bonds. The van der Waals surface area contributed by atoms with E-state index in [1.165, 1.54) is 0 Å². The number of hydrogen-bond donors (Lipinski definition) is 2. The predicted molar refractivity (Wildman–Crippen MR) is 30.3 cm³/mol. The lowest BCUT2D eigenvalue weighted by Gasteiger charge is -2.01. The molecule has 1 atom stereocenters. The van der Waals surface area contributed by atoms with Crippen LogP contribution < -0.4 is 5.50 Å². The molecule has 0 radical (unpaired) electrons. The second-order valence-electron chi connectivity index (χ2n) is 1.18. The molecule has 0 heterocycles. The van der Waals surface area contributed by atoms with E-state index in [2.05, 4.69) is 16.6 Å². The van der Waals surface area contributed by atoms with Crippen LogP contribution in [-0.2, 0) is 13.9 Å². The number of nitrogens with two attached hydrogens (primary N) is 1. The molecule has 5 nitrogen and oxygen atoms in total. The molecular formula is C3H6NO4P. The van der Waals surface area contributed by atoms with Gasteiger partial charge in [0.05, 0.1) is 0 Å². The maximum Gasteiger partial charge on any atom is 0.455 e. The van der Waals surface area contributed by atoms with Crippen molar-refractivity contribution >= 4 is 13.7 Å². The molecule has 0 aromatic rings. The van der Waals surface area contributed by atoms with Gasteiger partial charge in [-0.25, -0.2) is 14.9 Å². The fourth-order valence-corrected chi connectivity index (χ4v) is 0.499.